The maximum absolute atomic E-state index is 10.7. The molecular formula is C11H15ClN2O4. The second kappa shape index (κ2) is 6.44. The number of halogens is 1. The molecule has 5 N–H and O–H groups in total. The van der Waals surface area contributed by atoms with Crippen LogP contribution in [0.15, 0.2) is 12.1 Å². The summed E-state index contributed by atoms with van der Waals surface area (Å²) < 4.78 is 10.2. The van der Waals surface area contributed by atoms with E-state index in [0.29, 0.717) is 11.3 Å². The third-order valence-electron chi connectivity index (χ3n) is 2.22. The number of aliphatic hydroxyl groups is 1. The van der Waals surface area contributed by atoms with Gasteiger partial charge < -0.3 is 26.0 Å². The van der Waals surface area contributed by atoms with Crippen molar-refractivity contribution in [2.45, 2.75) is 6.10 Å². The van der Waals surface area contributed by atoms with Crippen LogP contribution in [0.1, 0.15) is 11.7 Å². The minimum absolute atomic E-state index is 0.0565. The van der Waals surface area contributed by atoms with Crippen LogP contribution in [0.25, 0.3) is 0 Å². The molecule has 0 fully saturated rings. The van der Waals surface area contributed by atoms with E-state index in [1.54, 1.807) is 6.07 Å². The van der Waals surface area contributed by atoms with Crippen LogP contribution >= 0.6 is 11.6 Å². The van der Waals surface area contributed by atoms with Gasteiger partial charge in [0.05, 0.1) is 18.2 Å². The summed E-state index contributed by atoms with van der Waals surface area (Å²) in [6.45, 7) is -0.254. The summed E-state index contributed by atoms with van der Waals surface area (Å²) in [5, 5.41) is 9.84. The lowest BCUT2D eigenvalue weighted by molar-refractivity contribution is -0.119. The van der Waals surface area contributed by atoms with E-state index in [9.17, 15) is 9.90 Å². The number of amides is 1. The van der Waals surface area contributed by atoms with E-state index in [1.807, 2.05) is 0 Å². The number of benzene rings is 1. The normalized spacial score (nSPS) is 12.0. The molecule has 0 saturated carbocycles. The highest BCUT2D eigenvalue weighted by molar-refractivity contribution is 6.32. The Kier molecular flexibility index (Phi) is 5.21. The second-order valence-corrected chi connectivity index (χ2v) is 3.95. The molecule has 1 aromatic rings. The van der Waals surface area contributed by atoms with Crippen molar-refractivity contribution in [3.63, 3.8) is 0 Å². The van der Waals surface area contributed by atoms with Crippen molar-refractivity contribution in [2.75, 3.05) is 20.3 Å². The number of ether oxygens (including phenoxy) is 2. The fourth-order valence-corrected chi connectivity index (χ4v) is 1.63. The van der Waals surface area contributed by atoms with Gasteiger partial charge in [-0.25, -0.2) is 0 Å². The molecule has 0 bridgehead atoms. The first-order chi connectivity index (χ1) is 8.49. The van der Waals surface area contributed by atoms with Crippen molar-refractivity contribution in [1.29, 1.82) is 0 Å². The molecule has 0 aliphatic rings. The quantitative estimate of drug-likeness (QED) is 0.687. The maximum Gasteiger partial charge on any atom is 0.255 e. The van der Waals surface area contributed by atoms with E-state index in [2.05, 4.69) is 0 Å². The Morgan fingerprint density at radius 3 is 2.72 bits per heavy atom. The Balaban J connectivity index is 3.07. The van der Waals surface area contributed by atoms with Crippen LogP contribution < -0.4 is 20.9 Å². The number of carbonyl (C=O) groups excluding carboxylic acids is 1. The van der Waals surface area contributed by atoms with Crippen LogP contribution in [0, 0.1) is 0 Å². The van der Waals surface area contributed by atoms with Gasteiger partial charge in [0.15, 0.2) is 18.1 Å². The van der Waals surface area contributed by atoms with E-state index < -0.39 is 12.0 Å². The molecule has 18 heavy (non-hydrogen) atoms. The fraction of sp³-hybridized carbons (Fsp3) is 0.364. The minimum atomic E-state index is -0.846. The fourth-order valence-electron chi connectivity index (χ4n) is 1.35. The highest BCUT2D eigenvalue weighted by Crippen LogP contribution is 2.37. The Labute approximate surface area is 109 Å². The summed E-state index contributed by atoms with van der Waals surface area (Å²) in [4.78, 5) is 10.7. The van der Waals surface area contributed by atoms with Crippen molar-refractivity contribution in [1.82, 2.24) is 0 Å². The molecule has 7 heteroatoms. The molecule has 6 nitrogen and oxygen atoms in total. The largest absolute Gasteiger partial charge is 0.493 e. The van der Waals surface area contributed by atoms with E-state index in [4.69, 9.17) is 32.5 Å². The molecule has 0 aliphatic carbocycles. The highest BCUT2D eigenvalue weighted by Gasteiger charge is 2.16. The third kappa shape index (κ3) is 3.49. The highest BCUT2D eigenvalue weighted by atomic mass is 35.5. The van der Waals surface area contributed by atoms with Crippen molar-refractivity contribution in [3.05, 3.63) is 22.7 Å². The molecule has 0 radical (unpaired) electrons. The van der Waals surface area contributed by atoms with Gasteiger partial charge in [0.2, 0.25) is 0 Å². The number of aliphatic hydroxyl groups excluding tert-OH is 1. The zero-order valence-electron chi connectivity index (χ0n) is 9.85. The van der Waals surface area contributed by atoms with Crippen LogP contribution in [0.3, 0.4) is 0 Å². The predicted molar refractivity (Wildman–Crippen MR) is 66.7 cm³/mol. The number of primary amides is 1. The van der Waals surface area contributed by atoms with Crippen molar-refractivity contribution < 1.29 is 19.4 Å². The second-order valence-electron chi connectivity index (χ2n) is 3.54. The molecular weight excluding hydrogens is 260 g/mol. The van der Waals surface area contributed by atoms with Gasteiger partial charge in [-0.3, -0.25) is 4.79 Å². The van der Waals surface area contributed by atoms with Gasteiger partial charge in [-0.15, -0.1) is 0 Å². The van der Waals surface area contributed by atoms with E-state index >= 15 is 0 Å². The predicted octanol–water partition coefficient (Wildman–Crippen LogP) is 0.205. The first-order valence-corrected chi connectivity index (χ1v) is 5.54. The molecule has 0 spiro atoms. The third-order valence-corrected chi connectivity index (χ3v) is 2.50. The van der Waals surface area contributed by atoms with Crippen LogP contribution in [-0.4, -0.2) is 31.3 Å². The molecule has 0 heterocycles. The van der Waals surface area contributed by atoms with E-state index in [0.717, 1.165) is 0 Å². The molecule has 0 saturated heterocycles. The Bertz CT molecular complexity index is 439. The van der Waals surface area contributed by atoms with Crippen LogP contribution in [0.4, 0.5) is 0 Å². The zero-order chi connectivity index (χ0) is 13.7. The van der Waals surface area contributed by atoms with Gasteiger partial charge in [0.25, 0.3) is 5.91 Å². The van der Waals surface area contributed by atoms with Gasteiger partial charge >= 0.3 is 0 Å². The van der Waals surface area contributed by atoms with Crippen LogP contribution in [0.2, 0.25) is 5.02 Å². The lowest BCUT2D eigenvalue weighted by Crippen LogP contribution is -2.20. The molecule has 1 aromatic carbocycles. The summed E-state index contributed by atoms with van der Waals surface area (Å²) in [5.41, 5.74) is 10.8. The van der Waals surface area contributed by atoms with Crippen LogP contribution in [0.5, 0.6) is 11.5 Å². The molecule has 1 amide bonds. The van der Waals surface area contributed by atoms with Gasteiger partial charge in [0, 0.05) is 6.54 Å². The lowest BCUT2D eigenvalue weighted by atomic mass is 10.1. The van der Waals surface area contributed by atoms with Crippen molar-refractivity contribution in [2.24, 2.45) is 11.5 Å². The average molecular weight is 275 g/mol. The van der Waals surface area contributed by atoms with Gasteiger partial charge in [0.1, 0.15) is 0 Å². The summed E-state index contributed by atoms with van der Waals surface area (Å²) in [6.07, 6.45) is -0.846. The number of rotatable bonds is 6. The standard InChI is InChI=1S/C11H15ClN2O4/c1-17-9-3-6(8(15)4-13)2-7(12)11(9)18-5-10(14)16/h2-3,8,15H,4-5,13H2,1H3,(H2,14,16). The summed E-state index contributed by atoms with van der Waals surface area (Å²) >= 11 is 5.99. The first-order valence-electron chi connectivity index (χ1n) is 5.16. The Hall–Kier alpha value is -1.50. The maximum atomic E-state index is 10.7. The molecule has 0 aromatic heterocycles. The SMILES string of the molecule is COc1cc(C(O)CN)cc(Cl)c1OCC(N)=O. The van der Waals surface area contributed by atoms with Crippen molar-refractivity contribution in [3.8, 4) is 11.5 Å². The van der Waals surface area contributed by atoms with Crippen molar-refractivity contribution >= 4 is 17.5 Å². The zero-order valence-corrected chi connectivity index (χ0v) is 10.6. The lowest BCUT2D eigenvalue weighted by Gasteiger charge is -2.15. The van der Waals surface area contributed by atoms with Gasteiger partial charge in [-0.2, -0.15) is 0 Å². The average Bonchev–Trinajstić information content (AvgIpc) is 2.35. The monoisotopic (exact) mass is 274 g/mol. The molecule has 100 valence electrons. The minimum Gasteiger partial charge on any atom is -0.493 e. The summed E-state index contributed by atoms with van der Waals surface area (Å²) in [5.74, 6) is -0.128. The molecule has 0 aliphatic heterocycles. The van der Waals surface area contributed by atoms with Crippen LogP contribution in [-0.2, 0) is 4.79 Å². The van der Waals surface area contributed by atoms with Gasteiger partial charge in [-0.1, -0.05) is 11.6 Å². The Morgan fingerprint density at radius 2 is 2.22 bits per heavy atom. The number of carbonyl (C=O) groups is 1. The van der Waals surface area contributed by atoms with E-state index in [1.165, 1.54) is 13.2 Å². The number of methoxy groups -OCH3 is 1. The number of hydrogen-bond acceptors (Lipinski definition) is 5. The molecule has 1 unspecified atom stereocenters. The molecule has 1 atom stereocenters. The summed E-state index contributed by atoms with van der Waals surface area (Å²) in [6, 6.07) is 3.04. The molecule has 1 rings (SSSR count). The number of hydrogen-bond donors (Lipinski definition) is 3. The van der Waals surface area contributed by atoms with E-state index in [-0.39, 0.29) is 23.9 Å². The number of nitrogens with two attached hydrogens (primary N) is 2. The van der Waals surface area contributed by atoms with Gasteiger partial charge in [-0.05, 0) is 17.7 Å². The topological polar surface area (TPSA) is 108 Å². The smallest absolute Gasteiger partial charge is 0.255 e. The first kappa shape index (κ1) is 14.6. The summed E-state index contributed by atoms with van der Waals surface area (Å²) in [7, 11) is 1.42. The Morgan fingerprint density at radius 1 is 1.56 bits per heavy atom.